The maximum Gasteiger partial charge on any atom is 0.223 e. The molecule has 1 aromatic carbocycles. The number of benzene rings is 1. The van der Waals surface area contributed by atoms with Gasteiger partial charge in [-0.1, -0.05) is 6.07 Å². The van der Waals surface area contributed by atoms with Crippen molar-refractivity contribution in [3.8, 4) is 5.75 Å². The molecule has 0 heterocycles. The summed E-state index contributed by atoms with van der Waals surface area (Å²) < 4.78 is 10.7. The predicted octanol–water partition coefficient (Wildman–Crippen LogP) is 1.58. The molecular weight excluding hydrogens is 244 g/mol. The number of anilines is 1. The molecule has 1 unspecified atom stereocenters. The first-order valence-corrected chi connectivity index (χ1v) is 6.47. The molecule has 1 atom stereocenters. The van der Waals surface area contributed by atoms with E-state index in [-0.39, 0.29) is 11.9 Å². The van der Waals surface area contributed by atoms with Crippen LogP contribution in [0.25, 0.3) is 0 Å². The van der Waals surface area contributed by atoms with Crippen LogP contribution in [-0.2, 0) is 9.53 Å². The second kappa shape index (κ2) is 8.37. The second-order valence-electron chi connectivity index (χ2n) is 4.30. The van der Waals surface area contributed by atoms with E-state index in [1.54, 1.807) is 12.1 Å². The Labute approximate surface area is 114 Å². The summed E-state index contributed by atoms with van der Waals surface area (Å²) in [5, 5.41) is 2.84. The van der Waals surface area contributed by atoms with Crippen molar-refractivity contribution in [3.63, 3.8) is 0 Å². The van der Waals surface area contributed by atoms with E-state index in [1.165, 1.54) is 0 Å². The maximum atomic E-state index is 11.6. The third kappa shape index (κ3) is 6.67. The largest absolute Gasteiger partial charge is 0.493 e. The summed E-state index contributed by atoms with van der Waals surface area (Å²) in [5.74, 6) is 0.631. The van der Waals surface area contributed by atoms with Gasteiger partial charge in [0.2, 0.25) is 5.91 Å². The van der Waals surface area contributed by atoms with Crippen molar-refractivity contribution >= 4 is 11.6 Å². The number of rotatable bonds is 8. The predicted molar refractivity (Wildman–Crippen MR) is 75.1 cm³/mol. The zero-order valence-corrected chi connectivity index (χ0v) is 11.5. The third-order valence-electron chi connectivity index (χ3n) is 2.44. The molecule has 0 fully saturated rings. The first kappa shape index (κ1) is 15.3. The summed E-state index contributed by atoms with van der Waals surface area (Å²) in [6.45, 7) is 5.34. The molecule has 0 radical (unpaired) electrons. The Morgan fingerprint density at radius 1 is 1.47 bits per heavy atom. The van der Waals surface area contributed by atoms with Crippen LogP contribution in [0.1, 0.15) is 20.3 Å². The highest BCUT2D eigenvalue weighted by Gasteiger charge is 2.07. The fraction of sp³-hybridized carbons (Fsp3) is 0.500. The smallest absolute Gasteiger partial charge is 0.223 e. The molecule has 0 aliphatic rings. The molecule has 0 aliphatic carbocycles. The van der Waals surface area contributed by atoms with Crippen molar-refractivity contribution in [2.24, 2.45) is 0 Å². The Kier molecular flexibility index (Phi) is 6.74. The van der Waals surface area contributed by atoms with Crippen LogP contribution in [0.5, 0.6) is 5.75 Å². The molecule has 0 bridgehead atoms. The molecule has 0 aliphatic heterocycles. The zero-order chi connectivity index (χ0) is 14.1. The van der Waals surface area contributed by atoms with Crippen LogP contribution in [0, 0.1) is 0 Å². The number of carbonyl (C=O) groups excluding carboxylic acids is 1. The summed E-state index contributed by atoms with van der Waals surface area (Å²) in [6.07, 6.45) is 0.311. The van der Waals surface area contributed by atoms with Crippen molar-refractivity contribution in [2.45, 2.75) is 26.3 Å². The van der Waals surface area contributed by atoms with E-state index >= 15 is 0 Å². The molecule has 0 saturated heterocycles. The Morgan fingerprint density at radius 2 is 2.26 bits per heavy atom. The van der Waals surface area contributed by atoms with Gasteiger partial charge in [-0.05, 0) is 26.0 Å². The highest BCUT2D eigenvalue weighted by atomic mass is 16.5. The number of hydrogen-bond donors (Lipinski definition) is 2. The molecule has 106 valence electrons. The van der Waals surface area contributed by atoms with Crippen molar-refractivity contribution in [1.82, 2.24) is 5.32 Å². The van der Waals surface area contributed by atoms with Crippen LogP contribution in [0.4, 0.5) is 5.69 Å². The van der Waals surface area contributed by atoms with Crippen LogP contribution in [0.3, 0.4) is 0 Å². The SMILES string of the molecule is CCOCC(C)NC(=O)CCOc1cccc(N)c1. The molecule has 5 nitrogen and oxygen atoms in total. The van der Waals surface area contributed by atoms with Gasteiger partial charge in [0.1, 0.15) is 5.75 Å². The number of hydrogen-bond acceptors (Lipinski definition) is 4. The van der Waals surface area contributed by atoms with Crippen LogP contribution < -0.4 is 15.8 Å². The summed E-state index contributed by atoms with van der Waals surface area (Å²) >= 11 is 0. The number of nitrogens with one attached hydrogen (secondary N) is 1. The van der Waals surface area contributed by atoms with Gasteiger partial charge in [-0.2, -0.15) is 0 Å². The topological polar surface area (TPSA) is 73.6 Å². The lowest BCUT2D eigenvalue weighted by Gasteiger charge is -2.13. The third-order valence-corrected chi connectivity index (χ3v) is 2.44. The molecule has 1 amide bonds. The van der Waals surface area contributed by atoms with Gasteiger partial charge >= 0.3 is 0 Å². The number of carbonyl (C=O) groups is 1. The van der Waals surface area contributed by atoms with Crippen LogP contribution in [0.15, 0.2) is 24.3 Å². The standard InChI is InChI=1S/C14H22N2O3/c1-3-18-10-11(2)16-14(17)7-8-19-13-6-4-5-12(15)9-13/h4-6,9,11H,3,7-8,10,15H2,1-2H3,(H,16,17). The highest BCUT2D eigenvalue weighted by molar-refractivity contribution is 5.76. The van der Waals surface area contributed by atoms with E-state index in [0.717, 1.165) is 0 Å². The minimum absolute atomic E-state index is 0.0137. The Hall–Kier alpha value is -1.75. The number of nitrogens with two attached hydrogens (primary N) is 1. The lowest BCUT2D eigenvalue weighted by molar-refractivity contribution is -0.122. The van der Waals surface area contributed by atoms with Crippen molar-refractivity contribution < 1.29 is 14.3 Å². The Bertz CT molecular complexity index is 396. The van der Waals surface area contributed by atoms with E-state index in [2.05, 4.69) is 5.32 Å². The molecule has 1 rings (SSSR count). The Morgan fingerprint density at radius 3 is 2.95 bits per heavy atom. The minimum atomic E-state index is -0.0453. The van der Waals surface area contributed by atoms with Crippen LogP contribution >= 0.6 is 0 Å². The molecule has 0 spiro atoms. The van der Waals surface area contributed by atoms with Gasteiger partial charge in [-0.3, -0.25) is 4.79 Å². The highest BCUT2D eigenvalue weighted by Crippen LogP contribution is 2.14. The molecule has 5 heteroatoms. The fourth-order valence-corrected chi connectivity index (χ4v) is 1.55. The molecule has 1 aromatic rings. The van der Waals surface area contributed by atoms with Gasteiger partial charge in [0.05, 0.1) is 19.6 Å². The van der Waals surface area contributed by atoms with Gasteiger partial charge < -0.3 is 20.5 Å². The van der Waals surface area contributed by atoms with E-state index in [1.807, 2.05) is 26.0 Å². The van der Waals surface area contributed by atoms with Gasteiger partial charge in [-0.25, -0.2) is 0 Å². The lowest BCUT2D eigenvalue weighted by Crippen LogP contribution is -2.36. The van der Waals surface area contributed by atoms with Crippen LogP contribution in [0.2, 0.25) is 0 Å². The molecular formula is C14H22N2O3. The molecule has 0 saturated carbocycles. The lowest BCUT2D eigenvalue weighted by atomic mass is 10.3. The van der Waals surface area contributed by atoms with Gasteiger partial charge in [-0.15, -0.1) is 0 Å². The van der Waals surface area contributed by atoms with Crippen molar-refractivity contribution in [1.29, 1.82) is 0 Å². The van der Waals surface area contributed by atoms with Crippen LogP contribution in [-0.4, -0.2) is 31.8 Å². The van der Waals surface area contributed by atoms with Gasteiger partial charge in [0, 0.05) is 24.4 Å². The summed E-state index contributed by atoms with van der Waals surface area (Å²) in [5.41, 5.74) is 6.27. The number of ether oxygens (including phenoxy) is 2. The fourth-order valence-electron chi connectivity index (χ4n) is 1.55. The number of amides is 1. The molecule has 19 heavy (non-hydrogen) atoms. The summed E-state index contributed by atoms with van der Waals surface area (Å²) in [6, 6.07) is 7.16. The van der Waals surface area contributed by atoms with E-state index in [9.17, 15) is 4.79 Å². The van der Waals surface area contributed by atoms with Crippen molar-refractivity contribution in [2.75, 3.05) is 25.6 Å². The number of nitrogen functional groups attached to an aromatic ring is 1. The van der Waals surface area contributed by atoms with Gasteiger partial charge in [0.25, 0.3) is 0 Å². The zero-order valence-electron chi connectivity index (χ0n) is 11.5. The first-order chi connectivity index (χ1) is 9.11. The van der Waals surface area contributed by atoms with Gasteiger partial charge in [0.15, 0.2) is 0 Å². The normalized spacial score (nSPS) is 11.9. The average molecular weight is 266 g/mol. The van der Waals surface area contributed by atoms with E-state index in [0.29, 0.717) is 37.7 Å². The second-order valence-corrected chi connectivity index (χ2v) is 4.30. The average Bonchev–Trinajstić information content (AvgIpc) is 2.36. The first-order valence-electron chi connectivity index (χ1n) is 6.47. The Balaban J connectivity index is 2.20. The minimum Gasteiger partial charge on any atom is -0.493 e. The maximum absolute atomic E-state index is 11.6. The molecule has 0 aromatic heterocycles. The van der Waals surface area contributed by atoms with Crippen molar-refractivity contribution in [3.05, 3.63) is 24.3 Å². The summed E-state index contributed by atoms with van der Waals surface area (Å²) in [4.78, 5) is 11.6. The molecule has 3 N–H and O–H groups in total. The monoisotopic (exact) mass is 266 g/mol. The quantitative estimate of drug-likeness (QED) is 0.701. The van der Waals surface area contributed by atoms with E-state index < -0.39 is 0 Å². The summed E-state index contributed by atoms with van der Waals surface area (Å²) in [7, 11) is 0. The van der Waals surface area contributed by atoms with E-state index in [4.69, 9.17) is 15.2 Å².